The minimum atomic E-state index is 0.0955. The van der Waals surface area contributed by atoms with Gasteiger partial charge in [0.1, 0.15) is 0 Å². The minimum absolute atomic E-state index is 0.0955. The molecule has 3 aromatic carbocycles. The molecular formula is C28H28N4O. The molecule has 1 aromatic heterocycles. The Morgan fingerprint density at radius 1 is 0.758 bits per heavy atom. The Hall–Kier alpha value is -3.73. The summed E-state index contributed by atoms with van der Waals surface area (Å²) in [6.07, 6.45) is 0. The first-order chi connectivity index (χ1) is 16.0. The highest BCUT2D eigenvalue weighted by atomic mass is 16.2. The maximum atomic E-state index is 13.2. The van der Waals surface area contributed by atoms with E-state index in [1.54, 1.807) is 0 Å². The molecule has 0 N–H and O–H groups in total. The number of hydrogen-bond donors (Lipinski definition) is 0. The van der Waals surface area contributed by atoms with Crippen molar-refractivity contribution in [3.8, 4) is 11.3 Å². The molecule has 0 aliphatic carbocycles. The highest BCUT2D eigenvalue weighted by Gasteiger charge is 2.24. The molecule has 1 aliphatic rings. The quantitative estimate of drug-likeness (QED) is 0.444. The smallest absolute Gasteiger partial charge is 0.254 e. The Balaban J connectivity index is 1.28. The lowest BCUT2D eigenvalue weighted by Crippen LogP contribution is -2.49. The number of rotatable bonds is 3. The number of amides is 1. The van der Waals surface area contributed by atoms with Gasteiger partial charge in [-0.2, -0.15) is 0 Å². The van der Waals surface area contributed by atoms with Gasteiger partial charge in [-0.1, -0.05) is 42.5 Å². The number of carbonyl (C=O) groups is 1. The fraction of sp³-hybridized carbons (Fsp3) is 0.250. The molecule has 5 nitrogen and oxygen atoms in total. The van der Waals surface area contributed by atoms with E-state index in [9.17, 15) is 4.79 Å². The predicted octanol–water partition coefficient (Wildman–Crippen LogP) is 5.18. The third-order valence-corrected chi connectivity index (χ3v) is 6.68. The first kappa shape index (κ1) is 21.1. The van der Waals surface area contributed by atoms with Crippen LogP contribution in [0.1, 0.15) is 27.0 Å². The van der Waals surface area contributed by atoms with E-state index < -0.39 is 0 Å². The molecule has 5 heteroatoms. The number of hydrogen-bond acceptors (Lipinski definition) is 4. The molecule has 1 amide bonds. The fourth-order valence-corrected chi connectivity index (χ4v) is 4.59. The molecule has 166 valence electrons. The van der Waals surface area contributed by atoms with E-state index in [4.69, 9.17) is 0 Å². The largest absolute Gasteiger partial charge is 0.352 e. The third kappa shape index (κ3) is 4.07. The number of piperazine rings is 1. The fourth-order valence-electron chi connectivity index (χ4n) is 4.59. The maximum absolute atomic E-state index is 13.2. The van der Waals surface area contributed by atoms with Crippen molar-refractivity contribution in [2.24, 2.45) is 0 Å². The van der Waals surface area contributed by atoms with Crippen LogP contribution >= 0.6 is 0 Å². The molecule has 1 fully saturated rings. The molecule has 2 heterocycles. The molecule has 0 atom stereocenters. The zero-order valence-electron chi connectivity index (χ0n) is 19.4. The number of anilines is 1. The molecule has 33 heavy (non-hydrogen) atoms. The van der Waals surface area contributed by atoms with Crippen LogP contribution in [-0.2, 0) is 0 Å². The highest BCUT2D eigenvalue weighted by Crippen LogP contribution is 2.26. The van der Waals surface area contributed by atoms with E-state index in [-0.39, 0.29) is 5.91 Å². The Morgan fingerprint density at radius 2 is 1.48 bits per heavy atom. The Labute approximate surface area is 194 Å². The van der Waals surface area contributed by atoms with E-state index in [0.29, 0.717) is 13.1 Å². The van der Waals surface area contributed by atoms with Crippen molar-refractivity contribution >= 4 is 22.5 Å². The third-order valence-electron chi connectivity index (χ3n) is 6.68. The molecule has 0 radical (unpaired) electrons. The Kier molecular flexibility index (Phi) is 5.55. The molecule has 0 bridgehead atoms. The summed E-state index contributed by atoms with van der Waals surface area (Å²) >= 11 is 0. The van der Waals surface area contributed by atoms with Crippen molar-refractivity contribution in [3.63, 3.8) is 0 Å². The van der Waals surface area contributed by atoms with Crippen LogP contribution in [0.15, 0.2) is 66.7 Å². The van der Waals surface area contributed by atoms with Gasteiger partial charge in [0.05, 0.1) is 5.69 Å². The summed E-state index contributed by atoms with van der Waals surface area (Å²) in [5.41, 5.74) is 6.55. The van der Waals surface area contributed by atoms with Crippen molar-refractivity contribution in [1.29, 1.82) is 0 Å². The number of aromatic nitrogens is 2. The number of benzene rings is 3. The Bertz CT molecular complexity index is 1320. The second-order valence-electron chi connectivity index (χ2n) is 8.83. The van der Waals surface area contributed by atoms with Crippen LogP contribution < -0.4 is 4.90 Å². The molecule has 5 rings (SSSR count). The van der Waals surface area contributed by atoms with Crippen molar-refractivity contribution in [3.05, 3.63) is 89.0 Å². The maximum Gasteiger partial charge on any atom is 0.254 e. The molecular weight excluding hydrogens is 408 g/mol. The molecule has 0 spiro atoms. The first-order valence-corrected chi connectivity index (χ1v) is 11.5. The van der Waals surface area contributed by atoms with Crippen molar-refractivity contribution in [2.75, 3.05) is 31.1 Å². The summed E-state index contributed by atoms with van der Waals surface area (Å²) in [5, 5.41) is 11.1. The van der Waals surface area contributed by atoms with Crippen LogP contribution in [-0.4, -0.2) is 47.2 Å². The normalized spacial score (nSPS) is 14.0. The van der Waals surface area contributed by atoms with Crippen molar-refractivity contribution in [2.45, 2.75) is 20.8 Å². The van der Waals surface area contributed by atoms with Crippen LogP contribution in [0.2, 0.25) is 0 Å². The van der Waals surface area contributed by atoms with E-state index >= 15 is 0 Å². The minimum Gasteiger partial charge on any atom is -0.352 e. The monoisotopic (exact) mass is 436 g/mol. The van der Waals surface area contributed by atoms with Gasteiger partial charge in [0, 0.05) is 37.3 Å². The molecule has 4 aromatic rings. The zero-order chi connectivity index (χ0) is 22.9. The lowest BCUT2D eigenvalue weighted by Gasteiger charge is -2.35. The summed E-state index contributed by atoms with van der Waals surface area (Å²) in [5.74, 6) is 0.954. The van der Waals surface area contributed by atoms with Gasteiger partial charge in [-0.25, -0.2) is 0 Å². The lowest BCUT2D eigenvalue weighted by atomic mass is 9.99. The molecule has 1 aliphatic heterocycles. The van der Waals surface area contributed by atoms with Gasteiger partial charge in [-0.05, 0) is 72.5 Å². The average Bonchev–Trinajstić information content (AvgIpc) is 2.86. The predicted molar refractivity (Wildman–Crippen MR) is 134 cm³/mol. The van der Waals surface area contributed by atoms with Crippen LogP contribution in [0.3, 0.4) is 0 Å². The molecule has 0 saturated carbocycles. The SMILES string of the molecule is Cc1cc(C)c(-c2ccc(N3CCN(C(=O)c4cccc5ccccc45)CC3)nn2)cc1C. The number of fused-ring (bicyclic) bond motifs is 1. The summed E-state index contributed by atoms with van der Waals surface area (Å²) < 4.78 is 0. The topological polar surface area (TPSA) is 49.3 Å². The standard InChI is InChI=1S/C28H28N4O/c1-19-17-21(3)25(18-20(19)2)26-11-12-27(30-29-26)31-13-15-32(16-14-31)28(33)24-10-6-8-22-7-4-5-9-23(22)24/h4-12,17-18H,13-16H2,1-3H3. The summed E-state index contributed by atoms with van der Waals surface area (Å²) in [7, 11) is 0. The number of carbonyl (C=O) groups excluding carboxylic acids is 1. The van der Waals surface area contributed by atoms with E-state index in [2.05, 4.69) is 48.0 Å². The highest BCUT2D eigenvalue weighted by molar-refractivity contribution is 6.07. The van der Waals surface area contributed by atoms with Gasteiger partial charge in [-0.15, -0.1) is 10.2 Å². The second kappa shape index (κ2) is 8.66. The van der Waals surface area contributed by atoms with Gasteiger partial charge < -0.3 is 9.80 Å². The second-order valence-corrected chi connectivity index (χ2v) is 8.83. The van der Waals surface area contributed by atoms with E-state index in [1.165, 1.54) is 16.7 Å². The van der Waals surface area contributed by atoms with Crippen LogP contribution in [0, 0.1) is 20.8 Å². The summed E-state index contributed by atoms with van der Waals surface area (Å²) in [6.45, 7) is 9.19. The van der Waals surface area contributed by atoms with E-state index in [1.807, 2.05) is 59.5 Å². The van der Waals surface area contributed by atoms with Gasteiger partial charge in [0.15, 0.2) is 5.82 Å². The van der Waals surface area contributed by atoms with Crippen LogP contribution in [0.4, 0.5) is 5.82 Å². The van der Waals surface area contributed by atoms with Gasteiger partial charge >= 0.3 is 0 Å². The molecule has 0 unspecified atom stereocenters. The Morgan fingerprint density at radius 3 is 2.24 bits per heavy atom. The van der Waals surface area contributed by atoms with Gasteiger partial charge in [0.2, 0.25) is 0 Å². The van der Waals surface area contributed by atoms with Gasteiger partial charge in [0.25, 0.3) is 5.91 Å². The van der Waals surface area contributed by atoms with Crippen LogP contribution in [0.5, 0.6) is 0 Å². The van der Waals surface area contributed by atoms with Crippen molar-refractivity contribution < 1.29 is 4.79 Å². The summed E-state index contributed by atoms with van der Waals surface area (Å²) in [6, 6.07) is 22.5. The number of nitrogens with zero attached hydrogens (tertiary/aromatic N) is 4. The molecule has 1 saturated heterocycles. The lowest BCUT2D eigenvalue weighted by molar-refractivity contribution is 0.0748. The van der Waals surface area contributed by atoms with Gasteiger partial charge in [-0.3, -0.25) is 4.79 Å². The van der Waals surface area contributed by atoms with Crippen LogP contribution in [0.25, 0.3) is 22.0 Å². The van der Waals surface area contributed by atoms with Crippen molar-refractivity contribution in [1.82, 2.24) is 15.1 Å². The average molecular weight is 437 g/mol. The van der Waals surface area contributed by atoms with E-state index in [0.717, 1.165) is 46.5 Å². The number of aryl methyl sites for hydroxylation is 3. The zero-order valence-corrected chi connectivity index (χ0v) is 19.4. The first-order valence-electron chi connectivity index (χ1n) is 11.5. The summed E-state index contributed by atoms with van der Waals surface area (Å²) in [4.78, 5) is 17.4.